The molecule has 0 radical (unpaired) electrons. The minimum atomic E-state index is -0.0571. The zero-order valence-corrected chi connectivity index (χ0v) is 13.1. The van der Waals surface area contributed by atoms with E-state index in [2.05, 4.69) is 23.6 Å². The highest BCUT2D eigenvalue weighted by molar-refractivity contribution is 6.32. The van der Waals surface area contributed by atoms with Gasteiger partial charge in [0.15, 0.2) is 0 Å². The molecule has 2 aliphatic rings. The van der Waals surface area contributed by atoms with E-state index in [1.807, 2.05) is 24.3 Å². The number of ether oxygens (including phenoxy) is 1. The number of carbonyl (C=O) groups excluding carboxylic acids is 1. The topological polar surface area (TPSA) is 50.4 Å². The van der Waals surface area contributed by atoms with Crippen LogP contribution < -0.4 is 15.4 Å². The average molecular weight is 298 g/mol. The summed E-state index contributed by atoms with van der Waals surface area (Å²) in [6, 6.07) is 5.73. The maximum Gasteiger partial charge on any atom is 0.256 e. The molecule has 1 aromatic carbocycles. The molecule has 2 aliphatic heterocycles. The van der Waals surface area contributed by atoms with Crippen LogP contribution in [0.5, 0.6) is 5.75 Å². The fourth-order valence-corrected chi connectivity index (χ4v) is 3.18. The number of benzene rings is 1. The summed E-state index contributed by atoms with van der Waals surface area (Å²) in [7, 11) is 1.62. The van der Waals surface area contributed by atoms with Crippen molar-refractivity contribution in [1.29, 1.82) is 0 Å². The molecule has 2 N–H and O–H groups in total. The zero-order chi connectivity index (χ0) is 15.5. The SMILES string of the molecule is CCC1CNCC/C1=C/C=C1/C(=O)Nc2c(OC)cccc21. The van der Waals surface area contributed by atoms with Gasteiger partial charge in [-0.3, -0.25) is 4.79 Å². The molecule has 22 heavy (non-hydrogen) atoms. The Bertz CT molecular complexity index is 646. The number of hydrogen-bond acceptors (Lipinski definition) is 3. The summed E-state index contributed by atoms with van der Waals surface area (Å²) in [5.74, 6) is 1.22. The zero-order valence-electron chi connectivity index (χ0n) is 13.1. The van der Waals surface area contributed by atoms with Crippen molar-refractivity contribution < 1.29 is 9.53 Å². The Hall–Kier alpha value is -2.07. The van der Waals surface area contributed by atoms with Gasteiger partial charge >= 0.3 is 0 Å². The first-order valence-electron chi connectivity index (χ1n) is 7.84. The number of piperidine rings is 1. The van der Waals surface area contributed by atoms with Gasteiger partial charge in [-0.15, -0.1) is 0 Å². The molecule has 3 rings (SSSR count). The van der Waals surface area contributed by atoms with Crippen LogP contribution in [0.4, 0.5) is 5.69 Å². The fraction of sp³-hybridized carbons (Fsp3) is 0.389. The molecule has 0 spiro atoms. The minimum Gasteiger partial charge on any atom is -0.495 e. The van der Waals surface area contributed by atoms with Crippen LogP contribution in [0.15, 0.2) is 35.9 Å². The van der Waals surface area contributed by atoms with Gasteiger partial charge in [0.25, 0.3) is 5.91 Å². The molecule has 1 amide bonds. The highest BCUT2D eigenvalue weighted by atomic mass is 16.5. The van der Waals surface area contributed by atoms with E-state index in [4.69, 9.17) is 4.74 Å². The lowest BCUT2D eigenvalue weighted by Gasteiger charge is -2.25. The molecular formula is C18H22N2O2. The van der Waals surface area contributed by atoms with Crippen molar-refractivity contribution in [3.8, 4) is 5.75 Å². The number of methoxy groups -OCH3 is 1. The summed E-state index contributed by atoms with van der Waals surface area (Å²) in [5, 5.41) is 6.33. The number of amides is 1. The Kier molecular flexibility index (Phi) is 4.29. The third kappa shape index (κ3) is 2.66. The van der Waals surface area contributed by atoms with E-state index in [9.17, 15) is 4.79 Å². The van der Waals surface area contributed by atoms with Gasteiger partial charge in [0.05, 0.1) is 12.8 Å². The molecule has 1 saturated heterocycles. The van der Waals surface area contributed by atoms with Gasteiger partial charge in [-0.05, 0) is 37.4 Å². The van der Waals surface area contributed by atoms with Gasteiger partial charge in [-0.25, -0.2) is 0 Å². The molecule has 1 fully saturated rings. The van der Waals surface area contributed by atoms with Gasteiger partial charge < -0.3 is 15.4 Å². The van der Waals surface area contributed by atoms with E-state index in [0.717, 1.165) is 42.8 Å². The first-order chi connectivity index (χ1) is 10.7. The first-order valence-corrected chi connectivity index (χ1v) is 7.84. The lowest BCUT2D eigenvalue weighted by molar-refractivity contribution is -0.110. The Morgan fingerprint density at radius 2 is 2.23 bits per heavy atom. The highest BCUT2D eigenvalue weighted by Gasteiger charge is 2.26. The molecule has 116 valence electrons. The molecule has 0 saturated carbocycles. The summed E-state index contributed by atoms with van der Waals surface area (Å²) in [6.45, 7) is 4.26. The Morgan fingerprint density at radius 1 is 1.36 bits per heavy atom. The lowest BCUT2D eigenvalue weighted by Crippen LogP contribution is -2.31. The molecule has 2 heterocycles. The molecule has 0 aromatic heterocycles. The van der Waals surface area contributed by atoms with Crippen LogP contribution in [0.1, 0.15) is 25.3 Å². The Balaban J connectivity index is 1.94. The third-order valence-electron chi connectivity index (χ3n) is 4.48. The van der Waals surface area contributed by atoms with Gasteiger partial charge in [0.2, 0.25) is 0 Å². The quantitative estimate of drug-likeness (QED) is 0.844. The number of para-hydroxylation sites is 1. The number of nitrogens with one attached hydrogen (secondary N) is 2. The average Bonchev–Trinajstić information content (AvgIpc) is 2.88. The number of anilines is 1. The van der Waals surface area contributed by atoms with Crippen LogP contribution in [0.2, 0.25) is 0 Å². The highest BCUT2D eigenvalue weighted by Crippen LogP contribution is 2.38. The monoisotopic (exact) mass is 298 g/mol. The van der Waals surface area contributed by atoms with Crippen LogP contribution in [0.25, 0.3) is 5.57 Å². The van der Waals surface area contributed by atoms with Crippen molar-refractivity contribution in [2.24, 2.45) is 5.92 Å². The van der Waals surface area contributed by atoms with E-state index >= 15 is 0 Å². The third-order valence-corrected chi connectivity index (χ3v) is 4.48. The summed E-state index contributed by atoms with van der Waals surface area (Å²) in [5.41, 5.74) is 3.84. The summed E-state index contributed by atoms with van der Waals surface area (Å²) >= 11 is 0. The van der Waals surface area contributed by atoms with E-state index in [-0.39, 0.29) is 5.91 Å². The van der Waals surface area contributed by atoms with Crippen LogP contribution >= 0.6 is 0 Å². The van der Waals surface area contributed by atoms with Crippen molar-refractivity contribution in [3.05, 3.63) is 41.5 Å². The van der Waals surface area contributed by atoms with Crippen molar-refractivity contribution >= 4 is 17.2 Å². The predicted molar refractivity (Wildman–Crippen MR) is 89.0 cm³/mol. The smallest absolute Gasteiger partial charge is 0.256 e. The van der Waals surface area contributed by atoms with E-state index in [1.54, 1.807) is 7.11 Å². The fourth-order valence-electron chi connectivity index (χ4n) is 3.18. The van der Waals surface area contributed by atoms with Gasteiger partial charge in [-0.1, -0.05) is 30.7 Å². The normalized spacial score (nSPS) is 24.5. The molecule has 0 bridgehead atoms. The Morgan fingerprint density at radius 3 is 3.00 bits per heavy atom. The van der Waals surface area contributed by atoms with Crippen LogP contribution in [-0.4, -0.2) is 26.1 Å². The number of fused-ring (bicyclic) bond motifs is 1. The van der Waals surface area contributed by atoms with E-state index in [1.165, 1.54) is 5.57 Å². The second-order valence-electron chi connectivity index (χ2n) is 5.72. The molecule has 1 unspecified atom stereocenters. The summed E-state index contributed by atoms with van der Waals surface area (Å²) < 4.78 is 5.32. The molecule has 1 atom stereocenters. The first kappa shape index (κ1) is 14.9. The molecule has 4 nitrogen and oxygen atoms in total. The van der Waals surface area contributed by atoms with Crippen molar-refractivity contribution in [3.63, 3.8) is 0 Å². The number of allylic oxidation sites excluding steroid dienone is 2. The maximum atomic E-state index is 12.2. The maximum absolute atomic E-state index is 12.2. The van der Waals surface area contributed by atoms with E-state index < -0.39 is 0 Å². The largest absolute Gasteiger partial charge is 0.495 e. The standard InChI is InChI=1S/C18H22N2O2/c1-3-12-11-19-10-9-13(12)7-8-15-14-5-4-6-16(22-2)17(14)20-18(15)21/h4-8,12,19H,3,9-11H2,1-2H3,(H,20,21)/b13-7-,15-8+. The van der Waals surface area contributed by atoms with E-state index in [0.29, 0.717) is 11.7 Å². The minimum absolute atomic E-state index is 0.0571. The molecule has 4 heteroatoms. The predicted octanol–water partition coefficient (Wildman–Crippen LogP) is 2.98. The second-order valence-corrected chi connectivity index (χ2v) is 5.72. The van der Waals surface area contributed by atoms with Gasteiger partial charge in [0.1, 0.15) is 5.75 Å². The molecule has 0 aliphatic carbocycles. The molecule has 1 aromatic rings. The van der Waals surface area contributed by atoms with Crippen LogP contribution in [-0.2, 0) is 4.79 Å². The number of hydrogen-bond donors (Lipinski definition) is 2. The molecular weight excluding hydrogens is 276 g/mol. The number of rotatable bonds is 3. The second kappa shape index (κ2) is 6.36. The summed E-state index contributed by atoms with van der Waals surface area (Å²) in [4.78, 5) is 12.2. The van der Waals surface area contributed by atoms with Gasteiger partial charge in [0, 0.05) is 17.7 Å². The number of carbonyl (C=O) groups is 1. The van der Waals surface area contributed by atoms with Crippen LogP contribution in [0.3, 0.4) is 0 Å². The van der Waals surface area contributed by atoms with Crippen molar-refractivity contribution in [2.45, 2.75) is 19.8 Å². The Labute approximate surface area is 131 Å². The van der Waals surface area contributed by atoms with Crippen molar-refractivity contribution in [1.82, 2.24) is 5.32 Å². The lowest BCUT2D eigenvalue weighted by atomic mass is 9.90. The van der Waals surface area contributed by atoms with Crippen molar-refractivity contribution in [2.75, 3.05) is 25.5 Å². The van der Waals surface area contributed by atoms with Gasteiger partial charge in [-0.2, -0.15) is 0 Å². The van der Waals surface area contributed by atoms with Crippen LogP contribution in [0, 0.1) is 5.92 Å². The summed E-state index contributed by atoms with van der Waals surface area (Å²) in [6.07, 6.45) is 6.27.